The molecule has 0 saturated carbocycles. The Labute approximate surface area is 189 Å². The lowest BCUT2D eigenvalue weighted by Gasteiger charge is -2.04. The first-order chi connectivity index (χ1) is 15.7. The molecule has 0 aliphatic heterocycles. The summed E-state index contributed by atoms with van der Waals surface area (Å²) in [5.74, 6) is 0.768. The summed E-state index contributed by atoms with van der Waals surface area (Å²) in [6.45, 7) is 4.12. The largest absolute Gasteiger partial charge is 0.490 e. The van der Waals surface area contributed by atoms with Crippen LogP contribution in [0.5, 0.6) is 5.75 Å². The Morgan fingerprint density at radius 2 is 1.56 bits per heavy atom. The van der Waals surface area contributed by atoms with Crippen molar-refractivity contribution in [2.75, 3.05) is 6.61 Å². The topological polar surface area (TPSA) is 43.6 Å². The maximum atomic E-state index is 13.4. The highest BCUT2D eigenvalue weighted by molar-refractivity contribution is 7.15. The molecule has 0 amide bonds. The molecule has 2 heterocycles. The summed E-state index contributed by atoms with van der Waals surface area (Å²) < 4.78 is 7.91. The van der Waals surface area contributed by atoms with Gasteiger partial charge in [0.1, 0.15) is 12.4 Å². The van der Waals surface area contributed by atoms with E-state index in [1.54, 1.807) is 10.5 Å². The van der Waals surface area contributed by atoms with Crippen molar-refractivity contribution in [2.24, 2.45) is 0 Å². The Morgan fingerprint density at radius 3 is 2.22 bits per heavy atom. The van der Waals surface area contributed by atoms with Gasteiger partial charge in [-0.1, -0.05) is 96.8 Å². The van der Waals surface area contributed by atoms with Gasteiger partial charge in [0.2, 0.25) is 0 Å². The van der Waals surface area contributed by atoms with Crippen LogP contribution in [0, 0.1) is 0 Å². The molecule has 0 spiro atoms. The molecule has 0 bridgehead atoms. The quantitative estimate of drug-likeness (QED) is 0.344. The van der Waals surface area contributed by atoms with Crippen LogP contribution in [0.15, 0.2) is 102 Å². The van der Waals surface area contributed by atoms with Gasteiger partial charge in [-0.05, 0) is 23.8 Å². The van der Waals surface area contributed by atoms with Crippen molar-refractivity contribution in [1.29, 1.82) is 0 Å². The van der Waals surface area contributed by atoms with Crippen LogP contribution in [0.2, 0.25) is 0 Å². The van der Waals surface area contributed by atoms with Gasteiger partial charge >= 0.3 is 0 Å². The number of thiazole rings is 1. The Hall–Kier alpha value is -3.96. The van der Waals surface area contributed by atoms with Crippen molar-refractivity contribution >= 4 is 22.4 Å². The standard InChI is InChI=1S/C27H20N2O2S/c1-2-17-31-22-15-13-19(14-16-22)18-23-26(30)29-25(21-11-7-4-8-12-21)24(28-27(29)32-23)20-9-5-3-6-10-20/h2-16,18H,1,17H2/b23-18-. The van der Waals surface area contributed by atoms with E-state index < -0.39 is 0 Å². The lowest BCUT2D eigenvalue weighted by atomic mass is 10.1. The fraction of sp³-hybridized carbons (Fsp3) is 0.0370. The van der Waals surface area contributed by atoms with Crippen molar-refractivity contribution in [3.63, 3.8) is 0 Å². The first-order valence-electron chi connectivity index (χ1n) is 10.3. The summed E-state index contributed by atoms with van der Waals surface area (Å²) in [6, 6.07) is 27.6. The van der Waals surface area contributed by atoms with E-state index in [4.69, 9.17) is 9.72 Å². The maximum Gasteiger partial charge on any atom is 0.274 e. The van der Waals surface area contributed by atoms with Crippen molar-refractivity contribution in [3.8, 4) is 28.3 Å². The van der Waals surface area contributed by atoms with Crippen LogP contribution in [0.4, 0.5) is 0 Å². The zero-order chi connectivity index (χ0) is 21.9. The Morgan fingerprint density at radius 1 is 0.906 bits per heavy atom. The highest BCUT2D eigenvalue weighted by Crippen LogP contribution is 2.32. The van der Waals surface area contributed by atoms with Gasteiger partial charge in [0.15, 0.2) is 4.96 Å². The van der Waals surface area contributed by atoms with E-state index in [1.807, 2.05) is 91.0 Å². The lowest BCUT2D eigenvalue weighted by molar-refractivity contribution is 0.363. The zero-order valence-electron chi connectivity index (χ0n) is 17.3. The Kier molecular flexibility index (Phi) is 5.40. The molecular formula is C27H20N2O2S. The van der Waals surface area contributed by atoms with Gasteiger partial charge in [0.05, 0.1) is 15.9 Å². The van der Waals surface area contributed by atoms with Crippen LogP contribution in [-0.4, -0.2) is 16.0 Å². The fourth-order valence-electron chi connectivity index (χ4n) is 3.63. The van der Waals surface area contributed by atoms with Crippen molar-refractivity contribution < 1.29 is 4.74 Å². The van der Waals surface area contributed by atoms with Crippen LogP contribution < -0.4 is 14.8 Å². The summed E-state index contributed by atoms with van der Waals surface area (Å²) in [6.07, 6.45) is 3.61. The molecule has 32 heavy (non-hydrogen) atoms. The molecule has 5 aromatic rings. The van der Waals surface area contributed by atoms with Gasteiger partial charge in [-0.2, -0.15) is 0 Å². The first kappa shape index (κ1) is 20.0. The van der Waals surface area contributed by atoms with Crippen LogP contribution in [0.25, 0.3) is 33.6 Å². The normalized spacial score (nSPS) is 11.7. The van der Waals surface area contributed by atoms with Gasteiger partial charge in [-0.25, -0.2) is 9.38 Å². The van der Waals surface area contributed by atoms with Gasteiger partial charge < -0.3 is 4.74 Å². The lowest BCUT2D eigenvalue weighted by Crippen LogP contribution is -2.23. The number of fused-ring (bicyclic) bond motifs is 1. The molecule has 0 radical (unpaired) electrons. The highest BCUT2D eigenvalue weighted by atomic mass is 32.1. The van der Waals surface area contributed by atoms with E-state index in [2.05, 4.69) is 6.58 Å². The second-order valence-corrected chi connectivity index (χ2v) is 8.25. The van der Waals surface area contributed by atoms with E-state index in [0.717, 1.165) is 33.8 Å². The summed E-state index contributed by atoms with van der Waals surface area (Å²) in [7, 11) is 0. The average molecular weight is 437 g/mol. The van der Waals surface area contributed by atoms with Gasteiger partial charge in [-0.3, -0.25) is 4.79 Å². The van der Waals surface area contributed by atoms with Crippen LogP contribution >= 0.6 is 11.3 Å². The molecule has 5 heteroatoms. The number of hydrogen-bond donors (Lipinski definition) is 0. The molecule has 0 fully saturated rings. The van der Waals surface area contributed by atoms with E-state index in [0.29, 0.717) is 16.1 Å². The van der Waals surface area contributed by atoms with Gasteiger partial charge in [-0.15, -0.1) is 0 Å². The van der Waals surface area contributed by atoms with E-state index in [-0.39, 0.29) is 5.56 Å². The molecule has 0 aliphatic rings. The molecule has 0 unspecified atom stereocenters. The molecule has 0 N–H and O–H groups in total. The predicted molar refractivity (Wildman–Crippen MR) is 131 cm³/mol. The monoisotopic (exact) mass is 436 g/mol. The minimum atomic E-state index is -0.0643. The summed E-state index contributed by atoms with van der Waals surface area (Å²) in [4.78, 5) is 19.0. The number of benzene rings is 3. The first-order valence-corrected chi connectivity index (χ1v) is 11.1. The molecule has 2 aromatic heterocycles. The molecule has 0 aliphatic carbocycles. The maximum absolute atomic E-state index is 13.4. The zero-order valence-corrected chi connectivity index (χ0v) is 18.1. The van der Waals surface area contributed by atoms with Gasteiger partial charge in [0.25, 0.3) is 5.56 Å². The third kappa shape index (κ3) is 3.74. The molecule has 4 nitrogen and oxygen atoms in total. The van der Waals surface area contributed by atoms with Crippen molar-refractivity contribution in [1.82, 2.24) is 9.38 Å². The number of nitrogens with zero attached hydrogens (tertiary/aromatic N) is 2. The number of imidazole rings is 1. The number of aromatic nitrogens is 2. The highest BCUT2D eigenvalue weighted by Gasteiger charge is 2.19. The SMILES string of the molecule is C=CCOc1ccc(/C=c2\sc3nc(-c4ccccc4)c(-c4ccccc4)n3c2=O)cc1. The number of ether oxygens (including phenoxy) is 1. The van der Waals surface area contributed by atoms with E-state index in [9.17, 15) is 4.79 Å². The van der Waals surface area contributed by atoms with Gasteiger partial charge in [0, 0.05) is 11.1 Å². The number of rotatable bonds is 6. The molecule has 0 atom stereocenters. The van der Waals surface area contributed by atoms with Crippen molar-refractivity contribution in [2.45, 2.75) is 0 Å². The third-order valence-corrected chi connectivity index (χ3v) is 6.07. The second kappa shape index (κ2) is 8.65. The minimum absolute atomic E-state index is 0.0643. The molecular weight excluding hydrogens is 416 g/mol. The Bertz CT molecular complexity index is 1490. The number of hydrogen-bond acceptors (Lipinski definition) is 4. The Balaban J connectivity index is 1.66. The predicted octanol–water partition coefficient (Wildman–Crippen LogP) is 5.20. The average Bonchev–Trinajstić information content (AvgIpc) is 3.36. The summed E-state index contributed by atoms with van der Waals surface area (Å²) >= 11 is 1.40. The van der Waals surface area contributed by atoms with E-state index in [1.165, 1.54) is 11.3 Å². The van der Waals surface area contributed by atoms with Crippen LogP contribution in [-0.2, 0) is 0 Å². The summed E-state index contributed by atoms with van der Waals surface area (Å²) in [5, 5.41) is 0. The fourth-order valence-corrected chi connectivity index (χ4v) is 4.60. The van der Waals surface area contributed by atoms with Crippen LogP contribution in [0.3, 0.4) is 0 Å². The van der Waals surface area contributed by atoms with E-state index >= 15 is 0 Å². The third-order valence-electron chi connectivity index (χ3n) is 5.10. The molecule has 3 aromatic carbocycles. The molecule has 156 valence electrons. The van der Waals surface area contributed by atoms with Crippen molar-refractivity contribution in [3.05, 3.63) is 118 Å². The molecule has 0 saturated heterocycles. The summed E-state index contributed by atoms with van der Waals surface area (Å²) in [5.41, 5.74) is 4.45. The molecule has 5 rings (SSSR count). The minimum Gasteiger partial charge on any atom is -0.490 e. The second-order valence-electron chi connectivity index (χ2n) is 7.24. The smallest absolute Gasteiger partial charge is 0.274 e. The van der Waals surface area contributed by atoms with Crippen LogP contribution in [0.1, 0.15) is 5.56 Å².